The maximum atomic E-state index is 5.89. The van der Waals surface area contributed by atoms with Crippen LogP contribution in [-0.2, 0) is 0 Å². The van der Waals surface area contributed by atoms with Crippen LogP contribution >= 0.6 is 0 Å². The molecule has 0 aromatic rings. The third-order valence-corrected chi connectivity index (χ3v) is 3.16. The van der Waals surface area contributed by atoms with Crippen LogP contribution in [-0.4, -0.2) is 31.7 Å². The number of unbranched alkanes of at least 4 members (excludes halogenated alkanes) is 1. The molecule has 0 saturated heterocycles. The molecule has 0 heterocycles. The standard InChI is InChI=1S/C14H33N3/c1-5-7-9-17-14(11-16-8-6-2)12(3)10-13(4)15/h12-14,16-17H,5-11,15H2,1-4H3. The molecule has 0 aliphatic carbocycles. The van der Waals surface area contributed by atoms with Crippen molar-refractivity contribution in [3.05, 3.63) is 0 Å². The lowest BCUT2D eigenvalue weighted by atomic mass is 9.94. The van der Waals surface area contributed by atoms with Gasteiger partial charge in [-0.1, -0.05) is 27.2 Å². The average Bonchev–Trinajstić information content (AvgIpc) is 2.26. The third-order valence-electron chi connectivity index (χ3n) is 3.16. The van der Waals surface area contributed by atoms with Crippen LogP contribution in [0.15, 0.2) is 0 Å². The predicted molar refractivity (Wildman–Crippen MR) is 77.3 cm³/mol. The Balaban J connectivity index is 3.98. The smallest absolute Gasteiger partial charge is 0.0218 e. The SMILES string of the molecule is CCCCNC(CNCCC)C(C)CC(C)N. The van der Waals surface area contributed by atoms with Crippen LogP contribution in [0.2, 0.25) is 0 Å². The van der Waals surface area contributed by atoms with Gasteiger partial charge in [0.2, 0.25) is 0 Å². The van der Waals surface area contributed by atoms with Gasteiger partial charge >= 0.3 is 0 Å². The van der Waals surface area contributed by atoms with Gasteiger partial charge in [-0.3, -0.25) is 0 Å². The minimum Gasteiger partial charge on any atom is -0.328 e. The van der Waals surface area contributed by atoms with Crippen molar-refractivity contribution < 1.29 is 0 Å². The van der Waals surface area contributed by atoms with Gasteiger partial charge in [0.05, 0.1) is 0 Å². The Labute approximate surface area is 108 Å². The second-order valence-electron chi connectivity index (χ2n) is 5.31. The molecule has 0 fully saturated rings. The van der Waals surface area contributed by atoms with Crippen LogP contribution in [0.3, 0.4) is 0 Å². The Morgan fingerprint density at radius 2 is 1.76 bits per heavy atom. The Kier molecular flexibility index (Phi) is 10.9. The highest BCUT2D eigenvalue weighted by molar-refractivity contribution is 4.78. The zero-order chi connectivity index (χ0) is 13.1. The number of nitrogens with two attached hydrogens (primary N) is 1. The molecule has 17 heavy (non-hydrogen) atoms. The minimum absolute atomic E-state index is 0.298. The van der Waals surface area contributed by atoms with Crippen molar-refractivity contribution >= 4 is 0 Å². The maximum absolute atomic E-state index is 5.89. The number of hydrogen-bond donors (Lipinski definition) is 3. The van der Waals surface area contributed by atoms with Crippen molar-refractivity contribution in [2.24, 2.45) is 11.7 Å². The van der Waals surface area contributed by atoms with Gasteiger partial charge in [0.1, 0.15) is 0 Å². The summed E-state index contributed by atoms with van der Waals surface area (Å²) in [5.41, 5.74) is 5.89. The number of rotatable bonds is 11. The molecular formula is C14H33N3. The van der Waals surface area contributed by atoms with E-state index in [-0.39, 0.29) is 0 Å². The second kappa shape index (κ2) is 11.0. The molecule has 0 aromatic carbocycles. The van der Waals surface area contributed by atoms with Gasteiger partial charge in [0, 0.05) is 18.6 Å². The Morgan fingerprint density at radius 1 is 1.06 bits per heavy atom. The normalized spacial score (nSPS) is 16.8. The predicted octanol–water partition coefficient (Wildman–Crippen LogP) is 2.12. The molecular weight excluding hydrogens is 210 g/mol. The van der Waals surface area contributed by atoms with Crippen LogP contribution in [0.1, 0.15) is 53.4 Å². The Morgan fingerprint density at radius 3 is 2.29 bits per heavy atom. The molecule has 0 aliphatic rings. The highest BCUT2D eigenvalue weighted by Crippen LogP contribution is 2.10. The lowest BCUT2D eigenvalue weighted by molar-refractivity contribution is 0.327. The highest BCUT2D eigenvalue weighted by atomic mass is 15.0. The second-order valence-corrected chi connectivity index (χ2v) is 5.31. The summed E-state index contributed by atoms with van der Waals surface area (Å²) in [6.45, 7) is 12.1. The Bertz CT molecular complexity index is 150. The van der Waals surface area contributed by atoms with Crippen molar-refractivity contribution in [1.82, 2.24) is 10.6 Å². The van der Waals surface area contributed by atoms with E-state index in [1.165, 1.54) is 19.3 Å². The van der Waals surface area contributed by atoms with Gasteiger partial charge in [-0.05, 0) is 45.2 Å². The molecule has 3 nitrogen and oxygen atoms in total. The molecule has 3 heteroatoms. The van der Waals surface area contributed by atoms with Gasteiger partial charge in [0.15, 0.2) is 0 Å². The summed E-state index contributed by atoms with van der Waals surface area (Å²) in [6, 6.07) is 0.853. The van der Waals surface area contributed by atoms with Crippen LogP contribution in [0.5, 0.6) is 0 Å². The largest absolute Gasteiger partial charge is 0.328 e. The summed E-state index contributed by atoms with van der Waals surface area (Å²) in [5, 5.41) is 7.18. The first kappa shape index (κ1) is 16.9. The molecule has 0 saturated carbocycles. The van der Waals surface area contributed by atoms with Crippen molar-refractivity contribution in [3.63, 3.8) is 0 Å². The molecule has 0 aliphatic heterocycles. The van der Waals surface area contributed by atoms with Crippen molar-refractivity contribution in [2.45, 2.75) is 65.5 Å². The molecule has 3 unspecified atom stereocenters. The van der Waals surface area contributed by atoms with Crippen molar-refractivity contribution in [3.8, 4) is 0 Å². The van der Waals surface area contributed by atoms with E-state index in [1.807, 2.05) is 0 Å². The molecule has 104 valence electrons. The van der Waals surface area contributed by atoms with Gasteiger partial charge in [-0.25, -0.2) is 0 Å². The van der Waals surface area contributed by atoms with Gasteiger partial charge in [0.25, 0.3) is 0 Å². The van der Waals surface area contributed by atoms with Gasteiger partial charge < -0.3 is 16.4 Å². The maximum Gasteiger partial charge on any atom is 0.0218 e. The summed E-state index contributed by atoms with van der Waals surface area (Å²) >= 11 is 0. The number of nitrogens with one attached hydrogen (secondary N) is 2. The summed E-state index contributed by atoms with van der Waals surface area (Å²) in [4.78, 5) is 0. The summed E-state index contributed by atoms with van der Waals surface area (Å²) in [7, 11) is 0. The van der Waals surface area contributed by atoms with Crippen molar-refractivity contribution in [2.75, 3.05) is 19.6 Å². The quantitative estimate of drug-likeness (QED) is 0.487. The molecule has 0 rings (SSSR count). The average molecular weight is 243 g/mol. The molecule has 4 N–H and O–H groups in total. The fraction of sp³-hybridized carbons (Fsp3) is 1.00. The molecule has 0 radical (unpaired) electrons. The number of hydrogen-bond acceptors (Lipinski definition) is 3. The van der Waals surface area contributed by atoms with Crippen LogP contribution in [0, 0.1) is 5.92 Å². The molecule has 0 bridgehead atoms. The summed E-state index contributed by atoms with van der Waals surface area (Å²) in [6.07, 6.45) is 4.81. The zero-order valence-corrected chi connectivity index (χ0v) is 12.3. The van der Waals surface area contributed by atoms with Crippen LogP contribution < -0.4 is 16.4 Å². The zero-order valence-electron chi connectivity index (χ0n) is 12.3. The van der Waals surface area contributed by atoms with Crippen LogP contribution in [0.4, 0.5) is 0 Å². The van der Waals surface area contributed by atoms with E-state index in [9.17, 15) is 0 Å². The Hall–Kier alpha value is -0.120. The van der Waals surface area contributed by atoms with E-state index in [0.29, 0.717) is 18.0 Å². The van der Waals surface area contributed by atoms with Crippen LogP contribution in [0.25, 0.3) is 0 Å². The molecule has 3 atom stereocenters. The molecule has 0 amide bonds. The highest BCUT2D eigenvalue weighted by Gasteiger charge is 2.17. The topological polar surface area (TPSA) is 50.1 Å². The fourth-order valence-electron chi connectivity index (χ4n) is 2.12. The first-order chi connectivity index (χ1) is 8.11. The lowest BCUT2D eigenvalue weighted by Gasteiger charge is -2.27. The first-order valence-electron chi connectivity index (χ1n) is 7.31. The monoisotopic (exact) mass is 243 g/mol. The minimum atomic E-state index is 0.298. The lowest BCUT2D eigenvalue weighted by Crippen LogP contribution is -2.45. The summed E-state index contributed by atoms with van der Waals surface area (Å²) < 4.78 is 0. The van der Waals surface area contributed by atoms with E-state index in [1.54, 1.807) is 0 Å². The fourth-order valence-corrected chi connectivity index (χ4v) is 2.12. The van der Waals surface area contributed by atoms with E-state index in [2.05, 4.69) is 38.3 Å². The summed E-state index contributed by atoms with van der Waals surface area (Å²) in [5.74, 6) is 0.635. The van der Waals surface area contributed by atoms with Gasteiger partial charge in [-0.15, -0.1) is 0 Å². The van der Waals surface area contributed by atoms with E-state index in [0.717, 1.165) is 26.1 Å². The molecule has 0 aromatic heterocycles. The van der Waals surface area contributed by atoms with E-state index in [4.69, 9.17) is 5.73 Å². The first-order valence-corrected chi connectivity index (χ1v) is 7.31. The van der Waals surface area contributed by atoms with Gasteiger partial charge in [-0.2, -0.15) is 0 Å². The third kappa shape index (κ3) is 9.57. The molecule has 0 spiro atoms. The van der Waals surface area contributed by atoms with E-state index >= 15 is 0 Å². The van der Waals surface area contributed by atoms with Crippen molar-refractivity contribution in [1.29, 1.82) is 0 Å². The van der Waals surface area contributed by atoms with E-state index < -0.39 is 0 Å².